The van der Waals surface area contributed by atoms with Gasteiger partial charge in [-0.2, -0.15) is 0 Å². The molecule has 0 aliphatic carbocycles. The highest BCUT2D eigenvalue weighted by Gasteiger charge is 2.49. The Morgan fingerprint density at radius 1 is 1.28 bits per heavy atom. The van der Waals surface area contributed by atoms with Gasteiger partial charge in [-0.15, -0.1) is 0 Å². The van der Waals surface area contributed by atoms with E-state index in [2.05, 4.69) is 10.6 Å². The largest absolute Gasteiger partial charge is 0.484 e. The Morgan fingerprint density at radius 3 is 2.83 bits per heavy atom. The number of piperidine rings is 1. The fourth-order valence-corrected chi connectivity index (χ4v) is 3.89. The van der Waals surface area contributed by atoms with Crippen molar-refractivity contribution in [3.63, 3.8) is 0 Å². The molecule has 2 aliphatic rings. The molecule has 2 aliphatic heterocycles. The molecule has 0 radical (unpaired) electrons. The number of nitrogens with zero attached hydrogens (tertiary/aromatic N) is 1. The highest BCUT2D eigenvalue weighted by Crippen LogP contribution is 2.30. The highest BCUT2D eigenvalue weighted by atomic mass is 16.5. The number of urea groups is 1. The van der Waals surface area contributed by atoms with E-state index >= 15 is 0 Å². The number of fused-ring (bicyclic) bond motifs is 1. The Morgan fingerprint density at radius 2 is 2.07 bits per heavy atom. The van der Waals surface area contributed by atoms with E-state index in [0.717, 1.165) is 18.2 Å². The molecule has 2 aromatic rings. The standard InChI is InChI=1S/C20H21N3O6/c1-20(18(26)21-19(27)22-20)13-3-2-8-23(10-13)16(24)11-28-14-6-4-12-5-7-17(25)29-15(12)9-14/h4-7,9,13H,2-3,8,10-11H2,1H3,(H2,21,22,26,27)/t13-,20+/m0/s1. The lowest BCUT2D eigenvalue weighted by atomic mass is 9.80. The summed E-state index contributed by atoms with van der Waals surface area (Å²) >= 11 is 0. The summed E-state index contributed by atoms with van der Waals surface area (Å²) in [5.74, 6) is -0.335. The molecule has 0 spiro atoms. The number of hydrogen-bond donors (Lipinski definition) is 2. The number of imide groups is 1. The number of amides is 4. The molecule has 0 unspecified atom stereocenters. The highest BCUT2D eigenvalue weighted by molar-refractivity contribution is 6.07. The molecule has 9 nitrogen and oxygen atoms in total. The van der Waals surface area contributed by atoms with Crippen LogP contribution >= 0.6 is 0 Å². The van der Waals surface area contributed by atoms with Gasteiger partial charge in [-0.25, -0.2) is 9.59 Å². The van der Waals surface area contributed by atoms with Crippen LogP contribution in [0.3, 0.4) is 0 Å². The maximum atomic E-state index is 12.6. The minimum atomic E-state index is -1.02. The van der Waals surface area contributed by atoms with Crippen molar-refractivity contribution >= 4 is 28.8 Å². The number of hydrogen-bond acceptors (Lipinski definition) is 6. The first kappa shape index (κ1) is 19.0. The van der Waals surface area contributed by atoms with Crippen molar-refractivity contribution in [2.24, 2.45) is 5.92 Å². The number of benzene rings is 1. The molecular weight excluding hydrogens is 378 g/mol. The summed E-state index contributed by atoms with van der Waals surface area (Å²) in [5, 5.41) is 5.71. The van der Waals surface area contributed by atoms with Gasteiger partial charge in [-0.1, -0.05) is 0 Å². The molecule has 2 saturated heterocycles. The molecule has 0 bridgehead atoms. The van der Waals surface area contributed by atoms with Crippen LogP contribution < -0.4 is 21.0 Å². The summed E-state index contributed by atoms with van der Waals surface area (Å²) < 4.78 is 10.7. The van der Waals surface area contributed by atoms with E-state index < -0.39 is 17.2 Å². The van der Waals surface area contributed by atoms with Gasteiger partial charge in [0.1, 0.15) is 16.9 Å². The van der Waals surface area contributed by atoms with Gasteiger partial charge in [0.05, 0.1) is 0 Å². The Labute approximate surface area is 166 Å². The van der Waals surface area contributed by atoms with Gasteiger partial charge in [0.2, 0.25) is 0 Å². The Bertz CT molecular complexity index is 1050. The molecule has 152 valence electrons. The summed E-state index contributed by atoms with van der Waals surface area (Å²) in [6.07, 6.45) is 1.47. The molecule has 29 heavy (non-hydrogen) atoms. The van der Waals surface area contributed by atoms with Crippen LogP contribution in [0.5, 0.6) is 5.75 Å². The average Bonchev–Trinajstić information content (AvgIpc) is 2.98. The van der Waals surface area contributed by atoms with Gasteiger partial charge >= 0.3 is 11.7 Å². The van der Waals surface area contributed by atoms with Gasteiger partial charge in [-0.3, -0.25) is 14.9 Å². The lowest BCUT2D eigenvalue weighted by Gasteiger charge is -2.39. The van der Waals surface area contributed by atoms with E-state index in [1.54, 1.807) is 36.1 Å². The second-order valence-electron chi connectivity index (χ2n) is 7.53. The van der Waals surface area contributed by atoms with E-state index in [9.17, 15) is 19.2 Å². The lowest BCUT2D eigenvalue weighted by Crippen LogP contribution is -2.56. The lowest BCUT2D eigenvalue weighted by molar-refractivity contribution is -0.137. The van der Waals surface area contributed by atoms with Crippen LogP contribution in [0.25, 0.3) is 11.0 Å². The quantitative estimate of drug-likeness (QED) is 0.585. The molecule has 0 saturated carbocycles. The zero-order valence-corrected chi connectivity index (χ0v) is 15.9. The van der Waals surface area contributed by atoms with Crippen molar-refractivity contribution in [3.8, 4) is 5.75 Å². The second-order valence-corrected chi connectivity index (χ2v) is 7.53. The topological polar surface area (TPSA) is 118 Å². The molecule has 2 atom stereocenters. The second kappa shape index (κ2) is 7.23. The number of nitrogens with one attached hydrogen (secondary N) is 2. The third-order valence-corrected chi connectivity index (χ3v) is 5.62. The number of rotatable bonds is 4. The van der Waals surface area contributed by atoms with Gasteiger partial charge in [0, 0.05) is 36.5 Å². The summed E-state index contributed by atoms with van der Waals surface area (Å²) in [6, 6.07) is 7.51. The third kappa shape index (κ3) is 3.67. The maximum absolute atomic E-state index is 12.6. The van der Waals surface area contributed by atoms with Crippen molar-refractivity contribution in [3.05, 3.63) is 40.8 Å². The fraction of sp³-hybridized carbons (Fsp3) is 0.400. The third-order valence-electron chi connectivity index (χ3n) is 5.62. The van der Waals surface area contributed by atoms with Gasteiger partial charge in [0.15, 0.2) is 6.61 Å². The zero-order chi connectivity index (χ0) is 20.6. The van der Waals surface area contributed by atoms with Gasteiger partial charge < -0.3 is 19.4 Å². The SMILES string of the molecule is C[C@]1([C@H]2CCCN(C(=O)COc3ccc4ccc(=O)oc4c3)C2)NC(=O)NC1=O. The minimum Gasteiger partial charge on any atom is -0.484 e. The van der Waals surface area contributed by atoms with Gasteiger partial charge in [-0.05, 0) is 38.0 Å². The monoisotopic (exact) mass is 399 g/mol. The first-order valence-corrected chi connectivity index (χ1v) is 9.43. The van der Waals surface area contributed by atoms with Crippen molar-refractivity contribution in [1.82, 2.24) is 15.5 Å². The maximum Gasteiger partial charge on any atom is 0.336 e. The van der Waals surface area contributed by atoms with Crippen molar-refractivity contribution in [1.29, 1.82) is 0 Å². The molecule has 2 N–H and O–H groups in total. The predicted octanol–water partition coefficient (Wildman–Crippen LogP) is 1.01. The van der Waals surface area contributed by atoms with Crippen molar-refractivity contribution in [2.45, 2.75) is 25.3 Å². The first-order valence-electron chi connectivity index (χ1n) is 9.43. The zero-order valence-electron chi connectivity index (χ0n) is 15.9. The van der Waals surface area contributed by atoms with Crippen molar-refractivity contribution in [2.75, 3.05) is 19.7 Å². The van der Waals surface area contributed by atoms with Crippen LogP contribution in [0.1, 0.15) is 19.8 Å². The number of carbonyl (C=O) groups excluding carboxylic acids is 3. The van der Waals surface area contributed by atoms with E-state index in [-0.39, 0.29) is 24.3 Å². The van der Waals surface area contributed by atoms with Crippen LogP contribution in [-0.2, 0) is 9.59 Å². The Hall–Kier alpha value is -3.36. The average molecular weight is 399 g/mol. The first-order chi connectivity index (χ1) is 13.8. The Kier molecular flexibility index (Phi) is 4.73. The van der Waals surface area contributed by atoms with E-state index in [4.69, 9.17) is 9.15 Å². The van der Waals surface area contributed by atoms with Crippen LogP contribution in [0.4, 0.5) is 4.79 Å². The van der Waals surface area contributed by atoms with Crippen LogP contribution in [-0.4, -0.2) is 48.0 Å². The van der Waals surface area contributed by atoms with E-state index in [1.165, 1.54) is 6.07 Å². The molecule has 4 amide bonds. The molecule has 9 heteroatoms. The molecule has 1 aromatic carbocycles. The summed E-state index contributed by atoms with van der Waals surface area (Å²) in [7, 11) is 0. The smallest absolute Gasteiger partial charge is 0.336 e. The molecule has 3 heterocycles. The fourth-order valence-electron chi connectivity index (χ4n) is 3.89. The minimum absolute atomic E-state index is 0.176. The van der Waals surface area contributed by atoms with Gasteiger partial charge in [0.25, 0.3) is 11.8 Å². The number of ether oxygens (including phenoxy) is 1. The molecule has 4 rings (SSSR count). The number of carbonyl (C=O) groups is 3. The van der Waals surface area contributed by atoms with E-state index in [0.29, 0.717) is 24.4 Å². The van der Waals surface area contributed by atoms with Crippen LogP contribution in [0, 0.1) is 5.92 Å². The summed E-state index contributed by atoms with van der Waals surface area (Å²) in [4.78, 5) is 49.3. The molecule has 2 fully saturated rings. The summed E-state index contributed by atoms with van der Waals surface area (Å²) in [5.41, 5.74) is -1.09. The van der Waals surface area contributed by atoms with Crippen LogP contribution in [0.15, 0.2) is 39.5 Å². The molecular formula is C20H21N3O6. The normalized spacial score (nSPS) is 24.3. The van der Waals surface area contributed by atoms with E-state index in [1.807, 2.05) is 0 Å². The van der Waals surface area contributed by atoms with Crippen LogP contribution in [0.2, 0.25) is 0 Å². The summed E-state index contributed by atoms with van der Waals surface area (Å²) in [6.45, 7) is 2.44. The number of likely N-dealkylation sites (tertiary alicyclic amines) is 1. The Balaban J connectivity index is 1.40. The molecule has 1 aromatic heterocycles. The predicted molar refractivity (Wildman–Crippen MR) is 102 cm³/mol. The van der Waals surface area contributed by atoms with Crippen molar-refractivity contribution < 1.29 is 23.5 Å².